The molecule has 0 saturated carbocycles. The van der Waals surface area contributed by atoms with E-state index in [0.717, 1.165) is 17.8 Å². The van der Waals surface area contributed by atoms with Crippen molar-refractivity contribution in [3.8, 4) is 0 Å². The lowest BCUT2D eigenvalue weighted by molar-refractivity contribution is -0.136. The second kappa shape index (κ2) is 7.48. The van der Waals surface area contributed by atoms with Crippen molar-refractivity contribution >= 4 is 11.7 Å². The van der Waals surface area contributed by atoms with Gasteiger partial charge in [0.1, 0.15) is 0 Å². The van der Waals surface area contributed by atoms with Gasteiger partial charge in [-0.15, -0.1) is 0 Å². The van der Waals surface area contributed by atoms with E-state index in [2.05, 4.69) is 26.1 Å². The number of hydrogen-bond acceptors (Lipinski definition) is 2. The van der Waals surface area contributed by atoms with Gasteiger partial charge in [-0.05, 0) is 62.6 Å². The van der Waals surface area contributed by atoms with Crippen molar-refractivity contribution in [2.24, 2.45) is 11.8 Å². The average molecular weight is 301 g/mol. The molecule has 0 aliphatic heterocycles. The van der Waals surface area contributed by atoms with Gasteiger partial charge >= 0.3 is 5.97 Å². The van der Waals surface area contributed by atoms with Crippen molar-refractivity contribution in [2.75, 3.05) is 11.9 Å². The maximum Gasteiger partial charge on any atom is 0.303 e. The molecule has 1 aromatic rings. The zero-order chi connectivity index (χ0) is 16.1. The Morgan fingerprint density at radius 2 is 2.00 bits per heavy atom. The summed E-state index contributed by atoms with van der Waals surface area (Å²) in [5.41, 5.74) is 5.34. The van der Waals surface area contributed by atoms with E-state index in [1.165, 1.54) is 12.8 Å². The zero-order valence-electron chi connectivity index (χ0n) is 13.9. The van der Waals surface area contributed by atoms with Crippen LogP contribution >= 0.6 is 0 Å². The topological polar surface area (TPSA) is 49.3 Å². The molecule has 1 aliphatic carbocycles. The number of aryl methyl sites for hydroxylation is 1. The standard InChI is InChI=1S/C19H27NO2/c1-13-4-10-18(15(13)3)14(2)12-20-17-8-5-16(6-9-17)7-11-19(21)22/h5-6,8-9,14,18,20H,4,7,10-12H2,1-3H3,(H,21,22). The molecule has 1 aromatic carbocycles. The van der Waals surface area contributed by atoms with E-state index in [4.69, 9.17) is 5.11 Å². The van der Waals surface area contributed by atoms with Gasteiger partial charge in [0.15, 0.2) is 0 Å². The van der Waals surface area contributed by atoms with Crippen LogP contribution in [0.4, 0.5) is 5.69 Å². The SMILES string of the molecule is CC1=C(C)C(C(C)CNc2ccc(CCC(=O)O)cc2)CC1. The summed E-state index contributed by atoms with van der Waals surface area (Å²) in [6.45, 7) is 7.83. The van der Waals surface area contributed by atoms with Crippen molar-refractivity contribution in [2.45, 2.75) is 46.5 Å². The van der Waals surface area contributed by atoms with Gasteiger partial charge in [0, 0.05) is 18.7 Å². The van der Waals surface area contributed by atoms with E-state index < -0.39 is 5.97 Å². The Hall–Kier alpha value is -1.77. The first kappa shape index (κ1) is 16.6. The van der Waals surface area contributed by atoms with E-state index in [0.29, 0.717) is 18.3 Å². The lowest BCUT2D eigenvalue weighted by atomic mass is 9.88. The van der Waals surface area contributed by atoms with Crippen molar-refractivity contribution in [1.82, 2.24) is 0 Å². The molecule has 0 fully saturated rings. The largest absolute Gasteiger partial charge is 0.481 e. The normalized spacial score (nSPS) is 19.3. The van der Waals surface area contributed by atoms with Gasteiger partial charge < -0.3 is 10.4 Å². The van der Waals surface area contributed by atoms with Crippen LogP contribution in [0.3, 0.4) is 0 Å². The molecular weight excluding hydrogens is 274 g/mol. The number of rotatable bonds is 7. The lowest BCUT2D eigenvalue weighted by Crippen LogP contribution is -2.19. The highest BCUT2D eigenvalue weighted by Crippen LogP contribution is 2.36. The molecule has 0 saturated heterocycles. The monoisotopic (exact) mass is 301 g/mol. The van der Waals surface area contributed by atoms with Gasteiger partial charge in [-0.3, -0.25) is 4.79 Å². The van der Waals surface area contributed by atoms with Crippen molar-refractivity contribution in [3.05, 3.63) is 41.0 Å². The van der Waals surface area contributed by atoms with Crippen molar-refractivity contribution in [3.63, 3.8) is 0 Å². The molecule has 0 aromatic heterocycles. The third-order valence-electron chi connectivity index (χ3n) is 4.96. The van der Waals surface area contributed by atoms with Crippen molar-refractivity contribution in [1.29, 1.82) is 0 Å². The predicted octanol–water partition coefficient (Wildman–Crippen LogP) is 4.50. The van der Waals surface area contributed by atoms with Crippen LogP contribution in [-0.2, 0) is 11.2 Å². The Labute approximate surface area is 133 Å². The second-order valence-corrected chi connectivity index (χ2v) is 6.56. The maximum absolute atomic E-state index is 10.6. The summed E-state index contributed by atoms with van der Waals surface area (Å²) in [7, 11) is 0. The smallest absolute Gasteiger partial charge is 0.303 e. The molecule has 0 bridgehead atoms. The van der Waals surface area contributed by atoms with E-state index in [1.807, 2.05) is 24.3 Å². The molecule has 2 atom stereocenters. The number of anilines is 1. The maximum atomic E-state index is 10.6. The minimum atomic E-state index is -0.744. The number of hydrogen-bond donors (Lipinski definition) is 2. The molecule has 0 amide bonds. The summed E-state index contributed by atoms with van der Waals surface area (Å²) in [6.07, 6.45) is 3.32. The Bertz CT molecular complexity index is 545. The highest BCUT2D eigenvalue weighted by molar-refractivity contribution is 5.67. The number of nitrogens with one attached hydrogen (secondary N) is 1. The predicted molar refractivity (Wildman–Crippen MR) is 91.2 cm³/mol. The molecule has 1 aliphatic rings. The number of aliphatic carboxylic acids is 1. The highest BCUT2D eigenvalue weighted by Gasteiger charge is 2.24. The van der Waals surface area contributed by atoms with Gasteiger partial charge in [0.05, 0.1) is 0 Å². The summed E-state index contributed by atoms with van der Waals surface area (Å²) in [5.74, 6) is 0.595. The van der Waals surface area contributed by atoms with Crippen LogP contribution in [0.25, 0.3) is 0 Å². The quantitative estimate of drug-likeness (QED) is 0.729. The van der Waals surface area contributed by atoms with Gasteiger partial charge in [0.25, 0.3) is 0 Å². The van der Waals surface area contributed by atoms with Crippen LogP contribution in [-0.4, -0.2) is 17.6 Å². The molecule has 0 heterocycles. The number of carboxylic acids is 1. The molecule has 2 N–H and O–H groups in total. The van der Waals surface area contributed by atoms with Crippen LogP contribution < -0.4 is 5.32 Å². The van der Waals surface area contributed by atoms with Crippen LogP contribution in [0.15, 0.2) is 35.4 Å². The third kappa shape index (κ3) is 4.36. The van der Waals surface area contributed by atoms with Crippen LogP contribution in [0.2, 0.25) is 0 Å². The molecule has 0 radical (unpaired) electrons. The first-order chi connectivity index (χ1) is 10.5. The third-order valence-corrected chi connectivity index (χ3v) is 4.96. The van der Waals surface area contributed by atoms with E-state index >= 15 is 0 Å². The first-order valence-corrected chi connectivity index (χ1v) is 8.18. The van der Waals surface area contributed by atoms with Crippen molar-refractivity contribution < 1.29 is 9.90 Å². The minimum absolute atomic E-state index is 0.191. The van der Waals surface area contributed by atoms with Gasteiger partial charge in [-0.1, -0.05) is 30.2 Å². The summed E-state index contributed by atoms with van der Waals surface area (Å²) >= 11 is 0. The highest BCUT2D eigenvalue weighted by atomic mass is 16.4. The number of carbonyl (C=O) groups is 1. The van der Waals surface area contributed by atoms with Crippen LogP contribution in [0, 0.1) is 11.8 Å². The zero-order valence-corrected chi connectivity index (χ0v) is 13.9. The summed E-state index contributed by atoms with van der Waals surface area (Å²) in [6, 6.07) is 8.13. The fourth-order valence-corrected chi connectivity index (χ4v) is 3.28. The summed E-state index contributed by atoms with van der Waals surface area (Å²) in [4.78, 5) is 10.6. The van der Waals surface area contributed by atoms with E-state index in [9.17, 15) is 4.79 Å². The van der Waals surface area contributed by atoms with Crippen LogP contribution in [0.1, 0.15) is 45.6 Å². The van der Waals surface area contributed by atoms with E-state index in [1.54, 1.807) is 11.1 Å². The Kier molecular flexibility index (Phi) is 5.64. The fourth-order valence-electron chi connectivity index (χ4n) is 3.28. The first-order valence-electron chi connectivity index (χ1n) is 8.18. The summed E-state index contributed by atoms with van der Waals surface area (Å²) < 4.78 is 0. The molecule has 2 rings (SSSR count). The molecule has 22 heavy (non-hydrogen) atoms. The number of allylic oxidation sites excluding steroid dienone is 2. The van der Waals surface area contributed by atoms with Gasteiger partial charge in [0.2, 0.25) is 0 Å². The fraction of sp³-hybridized carbons (Fsp3) is 0.526. The molecule has 2 unspecified atom stereocenters. The molecule has 3 nitrogen and oxygen atoms in total. The Morgan fingerprint density at radius 3 is 2.55 bits per heavy atom. The lowest BCUT2D eigenvalue weighted by Gasteiger charge is -2.22. The van der Waals surface area contributed by atoms with Crippen LogP contribution in [0.5, 0.6) is 0 Å². The average Bonchev–Trinajstić information content (AvgIpc) is 2.83. The second-order valence-electron chi connectivity index (χ2n) is 6.56. The van der Waals surface area contributed by atoms with E-state index in [-0.39, 0.29) is 6.42 Å². The molecular formula is C19H27NO2. The summed E-state index contributed by atoms with van der Waals surface area (Å²) in [5, 5.41) is 12.2. The minimum Gasteiger partial charge on any atom is -0.481 e. The number of benzene rings is 1. The molecule has 0 spiro atoms. The number of carboxylic acid groups (broad SMARTS) is 1. The van der Waals surface area contributed by atoms with Gasteiger partial charge in [-0.2, -0.15) is 0 Å². The van der Waals surface area contributed by atoms with Gasteiger partial charge in [-0.25, -0.2) is 0 Å². The molecule has 3 heteroatoms. The molecule has 120 valence electrons. The Balaban J connectivity index is 1.83. The Morgan fingerprint density at radius 1 is 1.32 bits per heavy atom.